The number of ether oxygens (including phenoxy) is 1. The third kappa shape index (κ3) is 3.47. The summed E-state index contributed by atoms with van der Waals surface area (Å²) < 4.78 is 9.57. The van der Waals surface area contributed by atoms with Crippen molar-refractivity contribution in [3.8, 4) is 0 Å². The predicted octanol–water partition coefficient (Wildman–Crippen LogP) is 1.79. The first-order valence-electron chi connectivity index (χ1n) is 6.15. The molecule has 1 N–H and O–H groups in total. The highest BCUT2D eigenvalue weighted by molar-refractivity contribution is 5.96. The van der Waals surface area contributed by atoms with E-state index in [0.717, 1.165) is 5.56 Å². The number of rotatable bonds is 5. The average molecular weight is 273 g/mol. The first-order valence-corrected chi connectivity index (χ1v) is 6.15. The molecule has 5 nitrogen and oxygen atoms in total. The van der Waals surface area contributed by atoms with E-state index in [2.05, 4.69) is 5.32 Å². The minimum Gasteiger partial charge on any atom is -0.472 e. The van der Waals surface area contributed by atoms with Crippen molar-refractivity contribution in [3.63, 3.8) is 0 Å². The van der Waals surface area contributed by atoms with Gasteiger partial charge >= 0.3 is 5.97 Å². The zero-order valence-corrected chi connectivity index (χ0v) is 11.0. The van der Waals surface area contributed by atoms with E-state index < -0.39 is 12.0 Å². The molecule has 0 saturated heterocycles. The van der Waals surface area contributed by atoms with Gasteiger partial charge in [-0.3, -0.25) is 4.79 Å². The molecule has 0 saturated carbocycles. The third-order valence-corrected chi connectivity index (χ3v) is 2.86. The second-order valence-electron chi connectivity index (χ2n) is 4.25. The summed E-state index contributed by atoms with van der Waals surface area (Å²) in [6.45, 7) is 0. The second kappa shape index (κ2) is 6.56. The highest BCUT2D eigenvalue weighted by Gasteiger charge is 2.22. The van der Waals surface area contributed by atoms with Gasteiger partial charge in [0.25, 0.3) is 5.91 Å². The van der Waals surface area contributed by atoms with Crippen molar-refractivity contribution in [2.45, 2.75) is 12.5 Å². The number of furan rings is 1. The van der Waals surface area contributed by atoms with E-state index >= 15 is 0 Å². The fourth-order valence-electron chi connectivity index (χ4n) is 1.82. The topological polar surface area (TPSA) is 68.5 Å². The van der Waals surface area contributed by atoms with Crippen LogP contribution < -0.4 is 5.32 Å². The van der Waals surface area contributed by atoms with Gasteiger partial charge in [0.15, 0.2) is 0 Å². The molecule has 5 heteroatoms. The summed E-state index contributed by atoms with van der Waals surface area (Å²) in [7, 11) is 1.30. The lowest BCUT2D eigenvalue weighted by Gasteiger charge is -2.16. The summed E-state index contributed by atoms with van der Waals surface area (Å²) >= 11 is 0. The van der Waals surface area contributed by atoms with Gasteiger partial charge in [-0.2, -0.15) is 0 Å². The average Bonchev–Trinajstić information content (AvgIpc) is 3.01. The van der Waals surface area contributed by atoms with Gasteiger partial charge in [-0.25, -0.2) is 4.79 Å². The number of hydrogen-bond donors (Lipinski definition) is 1. The minimum atomic E-state index is -0.732. The number of benzene rings is 1. The summed E-state index contributed by atoms with van der Waals surface area (Å²) in [5.74, 6) is -0.851. The molecule has 0 aliphatic rings. The molecule has 0 aliphatic carbocycles. The number of hydrogen-bond acceptors (Lipinski definition) is 4. The summed E-state index contributed by atoms with van der Waals surface area (Å²) in [6.07, 6.45) is 3.10. The molecule has 2 rings (SSSR count). The molecule has 1 aromatic carbocycles. The van der Waals surface area contributed by atoms with Crippen LogP contribution in [0.3, 0.4) is 0 Å². The van der Waals surface area contributed by atoms with Crippen LogP contribution in [0.1, 0.15) is 15.9 Å². The third-order valence-electron chi connectivity index (χ3n) is 2.86. The van der Waals surface area contributed by atoms with Crippen molar-refractivity contribution >= 4 is 11.9 Å². The Balaban J connectivity index is 2.08. The summed E-state index contributed by atoms with van der Waals surface area (Å²) in [5.41, 5.74) is 1.31. The van der Waals surface area contributed by atoms with Crippen LogP contribution in [0.2, 0.25) is 0 Å². The molecule has 0 unspecified atom stereocenters. The highest BCUT2D eigenvalue weighted by atomic mass is 16.5. The second-order valence-corrected chi connectivity index (χ2v) is 4.25. The molecule has 0 radical (unpaired) electrons. The lowest BCUT2D eigenvalue weighted by Crippen LogP contribution is -2.42. The lowest BCUT2D eigenvalue weighted by molar-refractivity contribution is -0.142. The first kappa shape index (κ1) is 13.9. The van der Waals surface area contributed by atoms with Gasteiger partial charge in [0, 0.05) is 6.42 Å². The number of amides is 1. The molecule has 0 spiro atoms. The highest BCUT2D eigenvalue weighted by Crippen LogP contribution is 2.06. The Morgan fingerprint density at radius 3 is 2.60 bits per heavy atom. The molecule has 1 aromatic heterocycles. The van der Waals surface area contributed by atoms with Crippen LogP contribution in [0.25, 0.3) is 0 Å². The molecular weight excluding hydrogens is 258 g/mol. The number of carbonyl (C=O) groups is 2. The number of carbonyl (C=O) groups excluding carboxylic acids is 2. The molecule has 2 aromatic rings. The Bertz CT molecular complexity index is 563. The van der Waals surface area contributed by atoms with Crippen LogP contribution in [0.4, 0.5) is 0 Å². The number of methoxy groups -OCH3 is 1. The Hall–Kier alpha value is -2.56. The van der Waals surface area contributed by atoms with Crippen molar-refractivity contribution < 1.29 is 18.7 Å². The SMILES string of the molecule is COC(=O)[C@@H](Cc1ccccc1)NC(=O)c1ccoc1. The van der Waals surface area contributed by atoms with Crippen LogP contribution in [-0.2, 0) is 16.0 Å². The van der Waals surface area contributed by atoms with E-state index in [1.807, 2.05) is 30.3 Å². The van der Waals surface area contributed by atoms with E-state index in [9.17, 15) is 9.59 Å². The Labute approximate surface area is 116 Å². The molecule has 1 amide bonds. The molecule has 0 fully saturated rings. The standard InChI is InChI=1S/C15H15NO4/c1-19-15(18)13(9-11-5-3-2-4-6-11)16-14(17)12-7-8-20-10-12/h2-8,10,13H,9H2,1H3,(H,16,17)/t13-/m1/s1. The van der Waals surface area contributed by atoms with Gasteiger partial charge in [0.1, 0.15) is 12.3 Å². The van der Waals surface area contributed by atoms with E-state index in [-0.39, 0.29) is 5.91 Å². The van der Waals surface area contributed by atoms with Crippen LogP contribution in [-0.4, -0.2) is 25.0 Å². The smallest absolute Gasteiger partial charge is 0.328 e. The number of nitrogens with one attached hydrogen (secondary N) is 1. The summed E-state index contributed by atoms with van der Waals surface area (Å²) in [4.78, 5) is 23.7. The van der Waals surface area contributed by atoms with Crippen molar-refractivity contribution in [1.29, 1.82) is 0 Å². The van der Waals surface area contributed by atoms with Crippen molar-refractivity contribution in [2.75, 3.05) is 7.11 Å². The zero-order valence-electron chi connectivity index (χ0n) is 11.0. The maximum atomic E-state index is 11.9. The molecule has 20 heavy (non-hydrogen) atoms. The van der Waals surface area contributed by atoms with Gasteiger partial charge in [0.05, 0.1) is 18.9 Å². The van der Waals surface area contributed by atoms with Gasteiger partial charge in [0.2, 0.25) is 0 Å². The maximum absolute atomic E-state index is 11.9. The molecule has 0 aliphatic heterocycles. The molecule has 104 valence electrons. The van der Waals surface area contributed by atoms with E-state index in [4.69, 9.17) is 9.15 Å². The van der Waals surface area contributed by atoms with Crippen molar-refractivity contribution in [2.24, 2.45) is 0 Å². The normalized spacial score (nSPS) is 11.7. The van der Waals surface area contributed by atoms with Crippen molar-refractivity contribution in [1.82, 2.24) is 5.32 Å². The van der Waals surface area contributed by atoms with E-state index in [1.54, 1.807) is 0 Å². The molecule has 0 bridgehead atoms. The van der Waals surface area contributed by atoms with Gasteiger partial charge < -0.3 is 14.5 Å². The van der Waals surface area contributed by atoms with Gasteiger partial charge in [-0.1, -0.05) is 30.3 Å². The van der Waals surface area contributed by atoms with Crippen molar-refractivity contribution in [3.05, 3.63) is 60.1 Å². The molecule has 1 heterocycles. The molecule has 1 atom stereocenters. The Morgan fingerprint density at radius 2 is 2.00 bits per heavy atom. The Morgan fingerprint density at radius 1 is 1.25 bits per heavy atom. The van der Waals surface area contributed by atoms with E-state index in [1.165, 1.54) is 25.7 Å². The summed E-state index contributed by atoms with van der Waals surface area (Å²) in [6, 6.07) is 10.2. The fraction of sp³-hybridized carbons (Fsp3) is 0.200. The maximum Gasteiger partial charge on any atom is 0.328 e. The fourth-order valence-corrected chi connectivity index (χ4v) is 1.82. The lowest BCUT2D eigenvalue weighted by atomic mass is 10.1. The van der Waals surface area contributed by atoms with Crippen LogP contribution in [0.5, 0.6) is 0 Å². The summed E-state index contributed by atoms with van der Waals surface area (Å²) in [5, 5.41) is 2.65. The quantitative estimate of drug-likeness (QED) is 0.843. The van der Waals surface area contributed by atoms with Gasteiger partial charge in [-0.05, 0) is 11.6 Å². The monoisotopic (exact) mass is 273 g/mol. The first-order chi connectivity index (χ1) is 9.70. The largest absolute Gasteiger partial charge is 0.472 e. The minimum absolute atomic E-state index is 0.368. The zero-order chi connectivity index (χ0) is 14.4. The predicted molar refractivity (Wildman–Crippen MR) is 72.1 cm³/mol. The van der Waals surface area contributed by atoms with Crippen LogP contribution in [0, 0.1) is 0 Å². The van der Waals surface area contributed by atoms with Crippen LogP contribution >= 0.6 is 0 Å². The van der Waals surface area contributed by atoms with Gasteiger partial charge in [-0.15, -0.1) is 0 Å². The Kier molecular flexibility index (Phi) is 4.55. The number of esters is 1. The van der Waals surface area contributed by atoms with E-state index in [0.29, 0.717) is 12.0 Å². The van der Waals surface area contributed by atoms with Crippen LogP contribution in [0.15, 0.2) is 53.3 Å². The molecular formula is C15H15NO4.